The molecule has 0 aromatic carbocycles. The molecule has 0 spiro atoms. The number of carboxylic acid groups (broad SMARTS) is 1. The molecule has 1 heterocycles. The van der Waals surface area contributed by atoms with Gasteiger partial charge < -0.3 is 5.11 Å². The molecule has 0 bridgehead atoms. The minimum Gasteiger partial charge on any atom is -0.481 e. The fourth-order valence-corrected chi connectivity index (χ4v) is 1.68. The number of aromatic nitrogens is 3. The molecule has 1 N–H and O–H groups in total. The minimum atomic E-state index is -0.720. The molecule has 1 aromatic rings. The summed E-state index contributed by atoms with van der Waals surface area (Å²) in [4.78, 5) is 10.7. The molecule has 2 unspecified atom stereocenters. The number of aryl methyl sites for hydroxylation is 1. The van der Waals surface area contributed by atoms with Crippen molar-refractivity contribution >= 4 is 5.97 Å². The average molecular weight is 181 g/mol. The topological polar surface area (TPSA) is 68.0 Å². The van der Waals surface area contributed by atoms with Crippen molar-refractivity contribution in [1.29, 1.82) is 0 Å². The van der Waals surface area contributed by atoms with E-state index in [1.165, 1.54) is 0 Å². The van der Waals surface area contributed by atoms with Crippen LogP contribution in [-0.4, -0.2) is 26.1 Å². The molecule has 5 nitrogen and oxygen atoms in total. The lowest BCUT2D eigenvalue weighted by Gasteiger charge is -2.31. The highest BCUT2D eigenvalue weighted by atomic mass is 16.4. The summed E-state index contributed by atoms with van der Waals surface area (Å²) in [5.74, 6) is -0.898. The highest BCUT2D eigenvalue weighted by Crippen LogP contribution is 2.41. The van der Waals surface area contributed by atoms with Crippen molar-refractivity contribution in [3.63, 3.8) is 0 Å². The maximum Gasteiger partial charge on any atom is 0.307 e. The van der Waals surface area contributed by atoms with Crippen molar-refractivity contribution in [2.24, 2.45) is 13.0 Å². The van der Waals surface area contributed by atoms with Crippen LogP contribution in [-0.2, 0) is 11.8 Å². The summed E-state index contributed by atoms with van der Waals surface area (Å²) in [7, 11) is 1.78. The molecule has 1 aromatic heterocycles. The van der Waals surface area contributed by atoms with Gasteiger partial charge in [-0.3, -0.25) is 9.48 Å². The van der Waals surface area contributed by atoms with Crippen LogP contribution in [0, 0.1) is 5.92 Å². The third-order valence-corrected chi connectivity index (χ3v) is 2.59. The number of hydrogen-bond acceptors (Lipinski definition) is 3. The molecule has 1 aliphatic carbocycles. The Morgan fingerprint density at radius 2 is 2.46 bits per heavy atom. The Hall–Kier alpha value is -1.39. The van der Waals surface area contributed by atoms with E-state index in [9.17, 15) is 4.79 Å². The average Bonchev–Trinajstić information content (AvgIpc) is 2.32. The Balaban J connectivity index is 2.14. The van der Waals surface area contributed by atoms with E-state index in [1.807, 2.05) is 0 Å². The molecule has 0 aliphatic heterocycles. The van der Waals surface area contributed by atoms with Gasteiger partial charge in [0, 0.05) is 19.2 Å². The first-order valence-electron chi connectivity index (χ1n) is 4.27. The Morgan fingerprint density at radius 3 is 2.85 bits per heavy atom. The summed E-state index contributed by atoms with van der Waals surface area (Å²) in [6, 6.07) is 0. The van der Waals surface area contributed by atoms with Crippen LogP contribution in [0.1, 0.15) is 24.5 Å². The lowest BCUT2D eigenvalue weighted by Crippen LogP contribution is -2.31. The smallest absolute Gasteiger partial charge is 0.307 e. The summed E-state index contributed by atoms with van der Waals surface area (Å²) in [5, 5.41) is 16.5. The van der Waals surface area contributed by atoms with Crippen LogP contribution >= 0.6 is 0 Å². The first-order chi connectivity index (χ1) is 6.18. The molecule has 1 fully saturated rings. The van der Waals surface area contributed by atoms with E-state index < -0.39 is 5.97 Å². The van der Waals surface area contributed by atoms with Crippen LogP contribution in [0.15, 0.2) is 6.20 Å². The van der Waals surface area contributed by atoms with E-state index in [-0.39, 0.29) is 11.8 Å². The van der Waals surface area contributed by atoms with Gasteiger partial charge in [0.25, 0.3) is 0 Å². The normalized spacial score (nSPS) is 26.8. The first kappa shape index (κ1) is 8.22. The molecule has 1 aliphatic rings. The summed E-state index contributed by atoms with van der Waals surface area (Å²) in [6.07, 6.45) is 3.46. The van der Waals surface area contributed by atoms with Gasteiger partial charge in [-0.2, -0.15) is 0 Å². The molecule has 0 amide bonds. The Bertz CT molecular complexity index is 334. The zero-order valence-corrected chi connectivity index (χ0v) is 7.34. The van der Waals surface area contributed by atoms with Crippen molar-refractivity contribution in [3.8, 4) is 0 Å². The Morgan fingerprint density at radius 1 is 1.69 bits per heavy atom. The molecule has 70 valence electrons. The van der Waals surface area contributed by atoms with Gasteiger partial charge in [0.2, 0.25) is 0 Å². The predicted octanol–water partition coefficient (Wildman–Crippen LogP) is 0.393. The highest BCUT2D eigenvalue weighted by Gasteiger charge is 2.39. The third kappa shape index (κ3) is 1.30. The van der Waals surface area contributed by atoms with Gasteiger partial charge in [-0.1, -0.05) is 5.21 Å². The standard InChI is InChI=1S/C8H11N3O2/c1-11-4-7(9-10-11)5-2-3-6(5)8(12)13/h4-6H,2-3H2,1H3,(H,12,13). The number of nitrogens with zero attached hydrogens (tertiary/aromatic N) is 3. The van der Waals surface area contributed by atoms with Crippen LogP contribution in [0.3, 0.4) is 0 Å². The first-order valence-corrected chi connectivity index (χ1v) is 4.27. The van der Waals surface area contributed by atoms with Gasteiger partial charge in [-0.25, -0.2) is 0 Å². The largest absolute Gasteiger partial charge is 0.481 e. The van der Waals surface area contributed by atoms with Gasteiger partial charge in [0.05, 0.1) is 11.6 Å². The maximum atomic E-state index is 10.7. The maximum absolute atomic E-state index is 10.7. The molecule has 2 rings (SSSR count). The van der Waals surface area contributed by atoms with E-state index in [4.69, 9.17) is 5.11 Å². The summed E-state index contributed by atoms with van der Waals surface area (Å²) in [5.41, 5.74) is 0.807. The van der Waals surface area contributed by atoms with Crippen LogP contribution in [0.25, 0.3) is 0 Å². The number of carboxylic acids is 1. The summed E-state index contributed by atoms with van der Waals surface area (Å²) in [6.45, 7) is 0. The number of aliphatic carboxylic acids is 1. The van der Waals surface area contributed by atoms with E-state index in [1.54, 1.807) is 17.9 Å². The van der Waals surface area contributed by atoms with Crippen LogP contribution in [0.5, 0.6) is 0 Å². The van der Waals surface area contributed by atoms with E-state index in [2.05, 4.69) is 10.3 Å². The molecule has 1 saturated carbocycles. The fraction of sp³-hybridized carbons (Fsp3) is 0.625. The molecular weight excluding hydrogens is 170 g/mol. The summed E-state index contributed by atoms with van der Waals surface area (Å²) >= 11 is 0. The van der Waals surface area contributed by atoms with Crippen molar-refractivity contribution in [3.05, 3.63) is 11.9 Å². The number of carbonyl (C=O) groups is 1. The van der Waals surface area contributed by atoms with Gasteiger partial charge in [-0.05, 0) is 12.8 Å². The predicted molar refractivity (Wildman–Crippen MR) is 44.1 cm³/mol. The van der Waals surface area contributed by atoms with E-state index in [0.29, 0.717) is 0 Å². The lowest BCUT2D eigenvalue weighted by atomic mass is 9.72. The second-order valence-electron chi connectivity index (χ2n) is 3.45. The van der Waals surface area contributed by atoms with Gasteiger partial charge in [0.15, 0.2) is 0 Å². The monoisotopic (exact) mass is 181 g/mol. The van der Waals surface area contributed by atoms with Gasteiger partial charge >= 0.3 is 5.97 Å². The Labute approximate surface area is 75.4 Å². The quantitative estimate of drug-likeness (QED) is 0.716. The third-order valence-electron chi connectivity index (χ3n) is 2.59. The second-order valence-corrected chi connectivity index (χ2v) is 3.45. The zero-order valence-electron chi connectivity index (χ0n) is 7.34. The number of rotatable bonds is 2. The van der Waals surface area contributed by atoms with Gasteiger partial charge in [-0.15, -0.1) is 5.10 Å². The van der Waals surface area contributed by atoms with Crippen molar-refractivity contribution in [1.82, 2.24) is 15.0 Å². The number of hydrogen-bond donors (Lipinski definition) is 1. The highest BCUT2D eigenvalue weighted by molar-refractivity contribution is 5.72. The molecular formula is C8H11N3O2. The lowest BCUT2D eigenvalue weighted by molar-refractivity contribution is -0.145. The van der Waals surface area contributed by atoms with Crippen molar-refractivity contribution < 1.29 is 9.90 Å². The minimum absolute atomic E-state index is 0.0752. The molecule has 0 saturated heterocycles. The zero-order chi connectivity index (χ0) is 9.42. The second kappa shape index (κ2) is 2.83. The molecule has 13 heavy (non-hydrogen) atoms. The van der Waals surface area contributed by atoms with Crippen molar-refractivity contribution in [2.75, 3.05) is 0 Å². The van der Waals surface area contributed by atoms with Crippen LogP contribution in [0.2, 0.25) is 0 Å². The molecule has 2 atom stereocenters. The van der Waals surface area contributed by atoms with Gasteiger partial charge in [0.1, 0.15) is 0 Å². The SMILES string of the molecule is Cn1cc(C2CCC2C(=O)O)nn1. The Kier molecular flexibility index (Phi) is 1.79. The van der Waals surface area contributed by atoms with Crippen LogP contribution < -0.4 is 0 Å². The van der Waals surface area contributed by atoms with Crippen molar-refractivity contribution in [2.45, 2.75) is 18.8 Å². The van der Waals surface area contributed by atoms with E-state index >= 15 is 0 Å². The summed E-state index contributed by atoms with van der Waals surface area (Å²) < 4.78 is 1.60. The van der Waals surface area contributed by atoms with E-state index in [0.717, 1.165) is 18.5 Å². The molecule has 0 radical (unpaired) electrons. The molecule has 5 heteroatoms. The van der Waals surface area contributed by atoms with Crippen LogP contribution in [0.4, 0.5) is 0 Å². The fourth-order valence-electron chi connectivity index (χ4n) is 1.68.